The molecule has 0 atom stereocenters. The van der Waals surface area contributed by atoms with Crippen LogP contribution in [0.15, 0.2) is 11.8 Å². The summed E-state index contributed by atoms with van der Waals surface area (Å²) in [6.45, 7) is 7.17. The van der Waals surface area contributed by atoms with Crippen molar-refractivity contribution in [1.82, 2.24) is 15.1 Å². The minimum absolute atomic E-state index is 0.152. The molecule has 7 heteroatoms. The number of ether oxygens (including phenoxy) is 2. The zero-order valence-electron chi connectivity index (χ0n) is 12.2. The van der Waals surface area contributed by atoms with Crippen molar-refractivity contribution < 1.29 is 14.3 Å². The highest BCUT2D eigenvalue weighted by atomic mass is 16.5. The van der Waals surface area contributed by atoms with Crippen LogP contribution in [0.3, 0.4) is 0 Å². The zero-order chi connectivity index (χ0) is 14.9. The Bertz CT molecular complexity index is 407. The van der Waals surface area contributed by atoms with Gasteiger partial charge in [0, 0.05) is 45.5 Å². The van der Waals surface area contributed by atoms with Gasteiger partial charge in [-0.3, -0.25) is 9.69 Å². The van der Waals surface area contributed by atoms with Gasteiger partial charge in [0.1, 0.15) is 11.6 Å². The van der Waals surface area contributed by atoms with Gasteiger partial charge in [0.15, 0.2) is 0 Å². The van der Waals surface area contributed by atoms with Crippen LogP contribution in [0.4, 0.5) is 0 Å². The van der Waals surface area contributed by atoms with Crippen LogP contribution in [0, 0.1) is 11.3 Å². The van der Waals surface area contributed by atoms with Gasteiger partial charge in [-0.05, 0) is 0 Å². The van der Waals surface area contributed by atoms with Crippen molar-refractivity contribution in [2.24, 2.45) is 0 Å². The Hall–Kier alpha value is -1.62. The lowest BCUT2D eigenvalue weighted by atomic mass is 10.2. The second-order valence-electron chi connectivity index (χ2n) is 4.98. The van der Waals surface area contributed by atoms with E-state index in [2.05, 4.69) is 10.2 Å². The maximum Gasteiger partial charge on any atom is 0.266 e. The fraction of sp³-hybridized carbons (Fsp3) is 0.714. The van der Waals surface area contributed by atoms with E-state index in [0.29, 0.717) is 32.8 Å². The molecule has 1 N–H and O–H groups in total. The van der Waals surface area contributed by atoms with E-state index in [4.69, 9.17) is 14.7 Å². The molecule has 0 unspecified atom stereocenters. The van der Waals surface area contributed by atoms with Gasteiger partial charge in [-0.1, -0.05) is 0 Å². The quantitative estimate of drug-likeness (QED) is 0.405. The van der Waals surface area contributed by atoms with E-state index in [1.165, 1.54) is 6.20 Å². The van der Waals surface area contributed by atoms with Crippen LogP contribution in [0.25, 0.3) is 0 Å². The van der Waals surface area contributed by atoms with Crippen molar-refractivity contribution >= 4 is 5.91 Å². The summed E-state index contributed by atoms with van der Waals surface area (Å²) < 4.78 is 10.5. The van der Waals surface area contributed by atoms with Crippen molar-refractivity contribution in [3.8, 4) is 6.07 Å². The number of nitrogens with zero attached hydrogens (tertiary/aromatic N) is 3. The SMILES string of the molecule is N#C/C(=C/NCCN1CCOCC1)C(=O)N1CCOCC1. The van der Waals surface area contributed by atoms with E-state index >= 15 is 0 Å². The number of amides is 1. The third-order valence-electron chi connectivity index (χ3n) is 3.57. The lowest BCUT2D eigenvalue weighted by Crippen LogP contribution is -2.42. The summed E-state index contributed by atoms with van der Waals surface area (Å²) in [7, 11) is 0. The second kappa shape index (κ2) is 8.62. The molecule has 0 radical (unpaired) electrons. The molecule has 0 bridgehead atoms. The van der Waals surface area contributed by atoms with Gasteiger partial charge >= 0.3 is 0 Å². The molecule has 0 aromatic rings. The number of morpholine rings is 2. The highest BCUT2D eigenvalue weighted by molar-refractivity contribution is 5.97. The van der Waals surface area contributed by atoms with E-state index in [0.717, 1.165) is 32.8 Å². The molecule has 7 nitrogen and oxygen atoms in total. The lowest BCUT2D eigenvalue weighted by molar-refractivity contribution is -0.130. The summed E-state index contributed by atoms with van der Waals surface area (Å²) in [5, 5.41) is 12.2. The van der Waals surface area contributed by atoms with Gasteiger partial charge in [-0.2, -0.15) is 5.26 Å². The van der Waals surface area contributed by atoms with Crippen molar-refractivity contribution in [2.75, 3.05) is 65.7 Å². The van der Waals surface area contributed by atoms with Crippen LogP contribution < -0.4 is 5.32 Å². The molecule has 21 heavy (non-hydrogen) atoms. The van der Waals surface area contributed by atoms with E-state index in [9.17, 15) is 4.79 Å². The average Bonchev–Trinajstić information content (AvgIpc) is 2.56. The average molecular weight is 294 g/mol. The number of hydrogen-bond acceptors (Lipinski definition) is 6. The van der Waals surface area contributed by atoms with Crippen LogP contribution in [0.2, 0.25) is 0 Å². The third-order valence-corrected chi connectivity index (χ3v) is 3.57. The maximum absolute atomic E-state index is 12.1. The number of hydrogen-bond donors (Lipinski definition) is 1. The van der Waals surface area contributed by atoms with Gasteiger partial charge in [0.2, 0.25) is 0 Å². The Morgan fingerprint density at radius 2 is 1.76 bits per heavy atom. The van der Waals surface area contributed by atoms with Crippen LogP contribution in [0.1, 0.15) is 0 Å². The molecule has 0 aromatic carbocycles. The summed E-state index contributed by atoms with van der Waals surface area (Å²) in [6.07, 6.45) is 1.53. The fourth-order valence-corrected chi connectivity index (χ4v) is 2.30. The third kappa shape index (κ3) is 5.01. The summed E-state index contributed by atoms with van der Waals surface area (Å²) in [5.74, 6) is -0.223. The predicted octanol–water partition coefficient (Wildman–Crippen LogP) is -0.826. The monoisotopic (exact) mass is 294 g/mol. The normalized spacial score (nSPS) is 20.9. The Kier molecular flexibility index (Phi) is 6.47. The molecule has 2 saturated heterocycles. The molecule has 1 amide bonds. The Labute approximate surface area is 125 Å². The summed E-state index contributed by atoms with van der Waals surface area (Å²) in [4.78, 5) is 16.1. The Balaban J connectivity index is 1.74. The summed E-state index contributed by atoms with van der Waals surface area (Å²) in [5.41, 5.74) is 0.152. The van der Waals surface area contributed by atoms with Crippen LogP contribution in [0.5, 0.6) is 0 Å². The molecular formula is C14H22N4O3. The highest BCUT2D eigenvalue weighted by Crippen LogP contribution is 2.04. The van der Waals surface area contributed by atoms with Gasteiger partial charge < -0.3 is 19.7 Å². The zero-order valence-corrected chi connectivity index (χ0v) is 12.2. The molecule has 0 saturated carbocycles. The van der Waals surface area contributed by atoms with Gasteiger partial charge in [0.05, 0.1) is 26.4 Å². The second-order valence-corrected chi connectivity index (χ2v) is 4.98. The number of nitriles is 1. The van der Waals surface area contributed by atoms with Gasteiger partial charge in [0.25, 0.3) is 5.91 Å². The molecule has 116 valence electrons. The number of carbonyl (C=O) groups excluding carboxylic acids is 1. The van der Waals surface area contributed by atoms with Crippen LogP contribution in [-0.2, 0) is 14.3 Å². The molecule has 2 fully saturated rings. The molecule has 2 aliphatic heterocycles. The molecule has 2 heterocycles. The molecule has 0 spiro atoms. The smallest absolute Gasteiger partial charge is 0.266 e. The lowest BCUT2D eigenvalue weighted by Gasteiger charge is -2.27. The van der Waals surface area contributed by atoms with Crippen LogP contribution in [-0.4, -0.2) is 81.4 Å². The Morgan fingerprint density at radius 3 is 2.38 bits per heavy atom. The van der Waals surface area contributed by atoms with Crippen molar-refractivity contribution in [1.29, 1.82) is 5.26 Å². The van der Waals surface area contributed by atoms with E-state index < -0.39 is 0 Å². The predicted molar refractivity (Wildman–Crippen MR) is 76.4 cm³/mol. The first-order valence-corrected chi connectivity index (χ1v) is 7.32. The number of nitrogens with one attached hydrogen (secondary N) is 1. The molecule has 0 aliphatic carbocycles. The van der Waals surface area contributed by atoms with E-state index in [-0.39, 0.29) is 11.5 Å². The first kappa shape index (κ1) is 15.8. The number of rotatable bonds is 5. The molecule has 2 rings (SSSR count). The van der Waals surface area contributed by atoms with Crippen molar-refractivity contribution in [3.63, 3.8) is 0 Å². The topological polar surface area (TPSA) is 77.8 Å². The van der Waals surface area contributed by atoms with Crippen LogP contribution >= 0.6 is 0 Å². The molecule has 0 aromatic heterocycles. The minimum atomic E-state index is -0.223. The van der Waals surface area contributed by atoms with E-state index in [1.54, 1.807) is 4.90 Å². The molecular weight excluding hydrogens is 272 g/mol. The maximum atomic E-state index is 12.1. The Morgan fingerprint density at radius 1 is 1.14 bits per heavy atom. The number of carbonyl (C=O) groups is 1. The van der Waals surface area contributed by atoms with Crippen molar-refractivity contribution in [3.05, 3.63) is 11.8 Å². The van der Waals surface area contributed by atoms with Gasteiger partial charge in [-0.25, -0.2) is 0 Å². The fourth-order valence-electron chi connectivity index (χ4n) is 2.30. The highest BCUT2D eigenvalue weighted by Gasteiger charge is 2.20. The first-order chi connectivity index (χ1) is 10.3. The van der Waals surface area contributed by atoms with Crippen molar-refractivity contribution in [2.45, 2.75) is 0 Å². The largest absolute Gasteiger partial charge is 0.388 e. The molecule has 2 aliphatic rings. The van der Waals surface area contributed by atoms with Gasteiger partial charge in [-0.15, -0.1) is 0 Å². The first-order valence-electron chi connectivity index (χ1n) is 7.32. The summed E-state index contributed by atoms with van der Waals surface area (Å²) in [6, 6.07) is 1.97. The standard InChI is InChI=1S/C14H22N4O3/c15-11-13(14(19)18-5-9-21-10-6-18)12-16-1-2-17-3-7-20-8-4-17/h12,16H,1-10H2/b13-12-. The minimum Gasteiger partial charge on any atom is -0.388 e. The summed E-state index contributed by atoms with van der Waals surface area (Å²) >= 11 is 0. The van der Waals surface area contributed by atoms with E-state index in [1.807, 2.05) is 6.07 Å².